The first-order valence-electron chi connectivity index (χ1n) is 5.76. The number of hydrogen-bond acceptors (Lipinski definition) is 4. The lowest BCUT2D eigenvalue weighted by Gasteiger charge is -2.12. The molecule has 98 valence electrons. The number of aryl methyl sites for hydroxylation is 2. The van der Waals surface area contributed by atoms with Gasteiger partial charge in [-0.05, 0) is 26.0 Å². The Kier molecular flexibility index (Phi) is 3.46. The van der Waals surface area contributed by atoms with E-state index >= 15 is 0 Å². The lowest BCUT2D eigenvalue weighted by atomic mass is 10.0. The molecule has 19 heavy (non-hydrogen) atoms. The maximum absolute atomic E-state index is 11.4. The summed E-state index contributed by atoms with van der Waals surface area (Å²) in [4.78, 5) is 19.8. The van der Waals surface area contributed by atoms with Crippen LogP contribution in [-0.4, -0.2) is 28.2 Å². The van der Waals surface area contributed by atoms with E-state index in [1.165, 1.54) is 0 Å². The molecule has 2 rings (SSSR count). The summed E-state index contributed by atoms with van der Waals surface area (Å²) >= 11 is 0. The van der Waals surface area contributed by atoms with Crippen molar-refractivity contribution in [2.24, 2.45) is 0 Å². The molecule has 1 heterocycles. The first kappa shape index (κ1) is 13.0. The number of para-hydroxylation sites is 1. The van der Waals surface area contributed by atoms with Crippen LogP contribution in [0.5, 0.6) is 5.75 Å². The number of benzene rings is 1. The SMILES string of the molecule is COc1ccccc1-c1nc(C)nc(C)c1C(=O)O. The van der Waals surface area contributed by atoms with Gasteiger partial charge in [-0.15, -0.1) is 0 Å². The molecule has 0 aliphatic carbocycles. The van der Waals surface area contributed by atoms with Crippen LogP contribution in [0.2, 0.25) is 0 Å². The summed E-state index contributed by atoms with van der Waals surface area (Å²) in [5.41, 5.74) is 1.59. The Morgan fingerprint density at radius 3 is 2.53 bits per heavy atom. The summed E-state index contributed by atoms with van der Waals surface area (Å²) in [6, 6.07) is 7.19. The average molecular weight is 258 g/mol. The monoisotopic (exact) mass is 258 g/mol. The van der Waals surface area contributed by atoms with Crippen molar-refractivity contribution in [3.8, 4) is 17.0 Å². The van der Waals surface area contributed by atoms with Crippen LogP contribution in [0.3, 0.4) is 0 Å². The van der Waals surface area contributed by atoms with Crippen LogP contribution in [0.1, 0.15) is 21.9 Å². The van der Waals surface area contributed by atoms with E-state index in [4.69, 9.17) is 4.74 Å². The standard InChI is InChI=1S/C14H14N2O3/c1-8-12(14(17)18)13(16-9(2)15-8)10-6-4-5-7-11(10)19-3/h4-7H,1-3H3,(H,17,18). The molecule has 2 aromatic rings. The van der Waals surface area contributed by atoms with Crippen LogP contribution < -0.4 is 4.74 Å². The number of aromatic nitrogens is 2. The summed E-state index contributed by atoms with van der Waals surface area (Å²) in [7, 11) is 1.54. The Hall–Kier alpha value is -2.43. The molecule has 5 nitrogen and oxygen atoms in total. The molecule has 0 unspecified atom stereocenters. The van der Waals surface area contributed by atoms with Gasteiger partial charge in [0.05, 0.1) is 18.5 Å². The van der Waals surface area contributed by atoms with E-state index in [-0.39, 0.29) is 5.56 Å². The quantitative estimate of drug-likeness (QED) is 0.915. The minimum absolute atomic E-state index is 0.107. The lowest BCUT2D eigenvalue weighted by Crippen LogP contribution is -2.09. The van der Waals surface area contributed by atoms with Crippen LogP contribution in [-0.2, 0) is 0 Å². The smallest absolute Gasteiger partial charge is 0.339 e. The molecule has 0 saturated carbocycles. The van der Waals surface area contributed by atoms with Crippen molar-refractivity contribution in [2.75, 3.05) is 7.11 Å². The Balaban J connectivity index is 2.77. The van der Waals surface area contributed by atoms with Gasteiger partial charge in [-0.2, -0.15) is 0 Å². The first-order chi connectivity index (χ1) is 9.04. The van der Waals surface area contributed by atoms with Gasteiger partial charge in [0.1, 0.15) is 17.1 Å². The van der Waals surface area contributed by atoms with E-state index in [1.54, 1.807) is 33.1 Å². The fourth-order valence-electron chi connectivity index (χ4n) is 2.00. The van der Waals surface area contributed by atoms with E-state index in [1.807, 2.05) is 12.1 Å². The van der Waals surface area contributed by atoms with E-state index < -0.39 is 5.97 Å². The second-order valence-electron chi connectivity index (χ2n) is 4.09. The van der Waals surface area contributed by atoms with E-state index in [0.29, 0.717) is 28.5 Å². The van der Waals surface area contributed by atoms with Gasteiger partial charge in [0.25, 0.3) is 0 Å². The minimum atomic E-state index is -1.04. The zero-order chi connectivity index (χ0) is 14.0. The van der Waals surface area contributed by atoms with Crippen LogP contribution in [0.25, 0.3) is 11.3 Å². The molecular weight excluding hydrogens is 244 g/mol. The molecular formula is C14H14N2O3. The second-order valence-corrected chi connectivity index (χ2v) is 4.09. The maximum Gasteiger partial charge on any atom is 0.339 e. The predicted molar refractivity (Wildman–Crippen MR) is 70.5 cm³/mol. The fourth-order valence-corrected chi connectivity index (χ4v) is 2.00. The van der Waals surface area contributed by atoms with Crippen molar-refractivity contribution in [3.63, 3.8) is 0 Å². The highest BCUT2D eigenvalue weighted by atomic mass is 16.5. The molecule has 0 fully saturated rings. The number of methoxy groups -OCH3 is 1. The number of carboxylic acid groups (broad SMARTS) is 1. The Labute approximate surface area is 110 Å². The summed E-state index contributed by atoms with van der Waals surface area (Å²) in [5, 5.41) is 9.34. The van der Waals surface area contributed by atoms with Gasteiger partial charge >= 0.3 is 5.97 Å². The van der Waals surface area contributed by atoms with Crippen molar-refractivity contribution in [3.05, 3.63) is 41.3 Å². The summed E-state index contributed by atoms with van der Waals surface area (Å²) in [6.07, 6.45) is 0. The topological polar surface area (TPSA) is 72.3 Å². The number of carboxylic acids is 1. The normalized spacial score (nSPS) is 10.3. The number of aromatic carboxylic acids is 1. The molecule has 0 spiro atoms. The summed E-state index contributed by atoms with van der Waals surface area (Å²) in [5.74, 6) is 0.0734. The van der Waals surface area contributed by atoms with Gasteiger partial charge in [0, 0.05) is 5.56 Å². The third-order valence-electron chi connectivity index (χ3n) is 2.78. The molecule has 0 aliphatic rings. The largest absolute Gasteiger partial charge is 0.496 e. The van der Waals surface area contributed by atoms with E-state index in [2.05, 4.69) is 9.97 Å². The Morgan fingerprint density at radius 2 is 1.89 bits per heavy atom. The van der Waals surface area contributed by atoms with Gasteiger partial charge in [0.15, 0.2) is 0 Å². The van der Waals surface area contributed by atoms with Crippen LogP contribution in [0.4, 0.5) is 0 Å². The Bertz CT molecular complexity index is 639. The number of carbonyl (C=O) groups is 1. The molecule has 1 aromatic carbocycles. The van der Waals surface area contributed by atoms with Crippen molar-refractivity contribution in [1.82, 2.24) is 9.97 Å². The predicted octanol–water partition coefficient (Wildman–Crippen LogP) is 2.47. The Morgan fingerprint density at radius 1 is 1.21 bits per heavy atom. The highest BCUT2D eigenvalue weighted by molar-refractivity contribution is 5.96. The highest BCUT2D eigenvalue weighted by Crippen LogP contribution is 2.31. The van der Waals surface area contributed by atoms with Gasteiger partial charge in [-0.1, -0.05) is 12.1 Å². The molecule has 0 radical (unpaired) electrons. The molecule has 0 amide bonds. The molecule has 5 heteroatoms. The average Bonchev–Trinajstić information content (AvgIpc) is 2.37. The third-order valence-corrected chi connectivity index (χ3v) is 2.78. The van der Waals surface area contributed by atoms with Gasteiger partial charge < -0.3 is 9.84 Å². The zero-order valence-corrected chi connectivity index (χ0v) is 11.0. The van der Waals surface area contributed by atoms with Gasteiger partial charge in [-0.3, -0.25) is 0 Å². The van der Waals surface area contributed by atoms with E-state index in [9.17, 15) is 9.90 Å². The number of ether oxygens (including phenoxy) is 1. The zero-order valence-electron chi connectivity index (χ0n) is 11.0. The third kappa shape index (κ3) is 2.40. The lowest BCUT2D eigenvalue weighted by molar-refractivity contribution is 0.0696. The number of nitrogens with zero attached hydrogens (tertiary/aromatic N) is 2. The van der Waals surface area contributed by atoms with Crippen molar-refractivity contribution in [1.29, 1.82) is 0 Å². The van der Waals surface area contributed by atoms with Crippen LogP contribution >= 0.6 is 0 Å². The van der Waals surface area contributed by atoms with Gasteiger partial charge in [0.2, 0.25) is 0 Å². The van der Waals surface area contributed by atoms with Crippen molar-refractivity contribution < 1.29 is 14.6 Å². The molecule has 1 aromatic heterocycles. The molecule has 0 saturated heterocycles. The molecule has 0 atom stereocenters. The molecule has 1 N–H and O–H groups in total. The number of hydrogen-bond donors (Lipinski definition) is 1. The van der Waals surface area contributed by atoms with E-state index in [0.717, 1.165) is 0 Å². The fraction of sp³-hybridized carbons (Fsp3) is 0.214. The minimum Gasteiger partial charge on any atom is -0.496 e. The summed E-state index contributed by atoms with van der Waals surface area (Å²) < 4.78 is 5.26. The second kappa shape index (κ2) is 5.06. The van der Waals surface area contributed by atoms with Crippen LogP contribution in [0, 0.1) is 13.8 Å². The van der Waals surface area contributed by atoms with Crippen LogP contribution in [0.15, 0.2) is 24.3 Å². The first-order valence-corrected chi connectivity index (χ1v) is 5.76. The highest BCUT2D eigenvalue weighted by Gasteiger charge is 2.20. The number of rotatable bonds is 3. The molecule has 0 aliphatic heterocycles. The summed E-state index contributed by atoms with van der Waals surface area (Å²) in [6.45, 7) is 3.40. The van der Waals surface area contributed by atoms with Crippen molar-refractivity contribution >= 4 is 5.97 Å². The van der Waals surface area contributed by atoms with Crippen molar-refractivity contribution in [2.45, 2.75) is 13.8 Å². The maximum atomic E-state index is 11.4. The molecule has 0 bridgehead atoms. The van der Waals surface area contributed by atoms with Gasteiger partial charge in [-0.25, -0.2) is 14.8 Å².